The van der Waals surface area contributed by atoms with Gasteiger partial charge in [-0.25, -0.2) is 0 Å². The maximum absolute atomic E-state index is 12.4. The molecule has 0 heterocycles. The van der Waals surface area contributed by atoms with Crippen molar-refractivity contribution in [1.29, 1.82) is 0 Å². The van der Waals surface area contributed by atoms with Gasteiger partial charge in [0.25, 0.3) is 0 Å². The Morgan fingerprint density at radius 1 is 0.842 bits per heavy atom. The van der Waals surface area contributed by atoms with E-state index >= 15 is 0 Å². The Bertz CT molecular complexity index is 544. The number of halogens is 4. The van der Waals surface area contributed by atoms with E-state index in [9.17, 15) is 13.2 Å². The molecule has 4 heteroatoms. The highest BCUT2D eigenvalue weighted by atomic mass is 79.9. The summed E-state index contributed by atoms with van der Waals surface area (Å²) < 4.78 is 38.3. The first-order valence-corrected chi connectivity index (χ1v) is 6.65. The van der Waals surface area contributed by atoms with Gasteiger partial charge < -0.3 is 0 Å². The molecule has 19 heavy (non-hydrogen) atoms. The summed E-state index contributed by atoms with van der Waals surface area (Å²) in [5.41, 5.74) is 1.46. The van der Waals surface area contributed by atoms with Crippen LogP contribution in [0.25, 0.3) is 0 Å². The number of alkyl halides is 3. The van der Waals surface area contributed by atoms with Crippen molar-refractivity contribution in [3.05, 3.63) is 69.7 Å². The van der Waals surface area contributed by atoms with E-state index in [1.165, 1.54) is 0 Å². The van der Waals surface area contributed by atoms with Gasteiger partial charge in [-0.2, -0.15) is 13.2 Å². The molecule has 2 rings (SSSR count). The van der Waals surface area contributed by atoms with Crippen LogP contribution in [-0.2, 0) is 19.0 Å². The molecule has 0 saturated heterocycles. The maximum atomic E-state index is 12.4. The fourth-order valence-electron chi connectivity index (χ4n) is 1.84. The van der Waals surface area contributed by atoms with Crippen molar-refractivity contribution in [3.63, 3.8) is 0 Å². The summed E-state index contributed by atoms with van der Waals surface area (Å²) in [7, 11) is 0. The Hall–Kier alpha value is -1.29. The van der Waals surface area contributed by atoms with Crippen LogP contribution in [0.5, 0.6) is 0 Å². The highest BCUT2D eigenvalue weighted by Gasteiger charge is 2.29. The quantitative estimate of drug-likeness (QED) is 0.721. The van der Waals surface area contributed by atoms with Gasteiger partial charge in [-0.15, -0.1) is 0 Å². The molecule has 0 bridgehead atoms. The van der Waals surface area contributed by atoms with Gasteiger partial charge >= 0.3 is 6.18 Å². The third kappa shape index (κ3) is 3.83. The van der Waals surface area contributed by atoms with Gasteiger partial charge in [0.15, 0.2) is 0 Å². The van der Waals surface area contributed by atoms with Crippen LogP contribution in [0.15, 0.2) is 53.0 Å². The smallest absolute Gasteiger partial charge is 0.166 e. The number of aryl methyl sites for hydroxylation is 2. The monoisotopic (exact) mass is 328 g/mol. The molecule has 0 aliphatic heterocycles. The third-order valence-electron chi connectivity index (χ3n) is 2.92. The van der Waals surface area contributed by atoms with Crippen molar-refractivity contribution in [2.75, 3.05) is 0 Å². The first-order valence-electron chi connectivity index (χ1n) is 5.86. The molecule has 0 fully saturated rings. The Morgan fingerprint density at radius 2 is 1.47 bits per heavy atom. The van der Waals surface area contributed by atoms with E-state index in [0.717, 1.165) is 40.6 Å². The SMILES string of the molecule is FC(F)(F)c1ccc(CCc2ccccc2Br)cc1. The van der Waals surface area contributed by atoms with E-state index in [0.29, 0.717) is 0 Å². The second kappa shape index (κ2) is 5.78. The number of hydrogen-bond acceptors (Lipinski definition) is 0. The third-order valence-corrected chi connectivity index (χ3v) is 3.70. The minimum absolute atomic E-state index is 0.600. The molecule has 0 N–H and O–H groups in total. The van der Waals surface area contributed by atoms with Crippen LogP contribution in [0.4, 0.5) is 13.2 Å². The average Bonchev–Trinajstić information content (AvgIpc) is 2.37. The van der Waals surface area contributed by atoms with Gasteiger partial charge in [-0.1, -0.05) is 46.3 Å². The highest BCUT2D eigenvalue weighted by Crippen LogP contribution is 2.29. The Balaban J connectivity index is 2.03. The molecule has 2 aromatic carbocycles. The summed E-state index contributed by atoms with van der Waals surface area (Å²) in [4.78, 5) is 0. The number of rotatable bonds is 3. The molecule has 100 valence electrons. The van der Waals surface area contributed by atoms with Crippen molar-refractivity contribution in [2.45, 2.75) is 19.0 Å². The minimum Gasteiger partial charge on any atom is -0.166 e. The molecule has 0 aromatic heterocycles. The lowest BCUT2D eigenvalue weighted by Crippen LogP contribution is -2.04. The Kier molecular flexibility index (Phi) is 4.30. The van der Waals surface area contributed by atoms with E-state index in [4.69, 9.17) is 0 Å². The summed E-state index contributed by atoms with van der Waals surface area (Å²) in [5.74, 6) is 0. The van der Waals surface area contributed by atoms with Crippen molar-refractivity contribution < 1.29 is 13.2 Å². The van der Waals surface area contributed by atoms with Crippen LogP contribution in [0.2, 0.25) is 0 Å². The van der Waals surface area contributed by atoms with Crippen molar-refractivity contribution in [1.82, 2.24) is 0 Å². The zero-order valence-electron chi connectivity index (χ0n) is 10.0. The number of hydrogen-bond donors (Lipinski definition) is 0. The zero-order valence-corrected chi connectivity index (χ0v) is 11.6. The molecule has 0 saturated carbocycles. The van der Waals surface area contributed by atoms with E-state index in [-0.39, 0.29) is 0 Å². The second-order valence-electron chi connectivity index (χ2n) is 4.29. The predicted octanol–water partition coefficient (Wildman–Crippen LogP) is 5.25. The van der Waals surface area contributed by atoms with Gasteiger partial charge in [0.1, 0.15) is 0 Å². The summed E-state index contributed by atoms with van der Waals surface area (Å²) in [6, 6.07) is 13.2. The lowest BCUT2D eigenvalue weighted by Gasteiger charge is -2.08. The van der Waals surface area contributed by atoms with Gasteiger partial charge in [-0.05, 0) is 42.2 Å². The topological polar surface area (TPSA) is 0 Å². The molecule has 0 aliphatic carbocycles. The van der Waals surface area contributed by atoms with Crippen molar-refractivity contribution in [3.8, 4) is 0 Å². The molecule has 0 radical (unpaired) electrons. The summed E-state index contributed by atoms with van der Waals surface area (Å²) in [6.45, 7) is 0. The first kappa shape index (κ1) is 14.1. The van der Waals surface area contributed by atoms with E-state index < -0.39 is 11.7 Å². The molecular formula is C15H12BrF3. The summed E-state index contributed by atoms with van der Waals surface area (Å²) in [6.07, 6.45) is -2.74. The van der Waals surface area contributed by atoms with Gasteiger partial charge in [0.05, 0.1) is 5.56 Å². The average molecular weight is 329 g/mol. The molecule has 0 amide bonds. The lowest BCUT2D eigenvalue weighted by atomic mass is 10.0. The normalized spacial score (nSPS) is 11.6. The molecule has 0 unspecified atom stereocenters. The number of benzene rings is 2. The largest absolute Gasteiger partial charge is 0.416 e. The Labute approximate surface area is 118 Å². The highest BCUT2D eigenvalue weighted by molar-refractivity contribution is 9.10. The van der Waals surface area contributed by atoms with E-state index in [1.54, 1.807) is 12.1 Å². The molecule has 2 aromatic rings. The van der Waals surface area contributed by atoms with Crippen LogP contribution in [0.3, 0.4) is 0 Å². The van der Waals surface area contributed by atoms with Crippen LogP contribution in [0.1, 0.15) is 16.7 Å². The molecule has 0 spiro atoms. The van der Waals surface area contributed by atoms with Crippen molar-refractivity contribution >= 4 is 15.9 Å². The summed E-state index contributed by atoms with van der Waals surface area (Å²) >= 11 is 3.46. The van der Waals surface area contributed by atoms with Gasteiger partial charge in [-0.3, -0.25) is 0 Å². The molecular weight excluding hydrogens is 317 g/mol. The van der Waals surface area contributed by atoms with Crippen LogP contribution in [-0.4, -0.2) is 0 Å². The van der Waals surface area contributed by atoms with E-state index in [1.807, 2.05) is 24.3 Å². The zero-order chi connectivity index (χ0) is 13.9. The van der Waals surface area contributed by atoms with Gasteiger partial charge in [0, 0.05) is 4.47 Å². The molecule has 0 atom stereocenters. The van der Waals surface area contributed by atoms with Gasteiger partial charge in [0.2, 0.25) is 0 Å². The molecule has 0 nitrogen and oxygen atoms in total. The van der Waals surface area contributed by atoms with Crippen molar-refractivity contribution in [2.24, 2.45) is 0 Å². The second-order valence-corrected chi connectivity index (χ2v) is 5.14. The fraction of sp³-hybridized carbons (Fsp3) is 0.200. The first-order chi connectivity index (χ1) is 8.97. The predicted molar refractivity (Wildman–Crippen MR) is 73.0 cm³/mol. The van der Waals surface area contributed by atoms with E-state index in [2.05, 4.69) is 15.9 Å². The van der Waals surface area contributed by atoms with Crippen LogP contribution in [0, 0.1) is 0 Å². The minimum atomic E-state index is -4.26. The Morgan fingerprint density at radius 3 is 2.05 bits per heavy atom. The lowest BCUT2D eigenvalue weighted by molar-refractivity contribution is -0.137. The fourth-order valence-corrected chi connectivity index (χ4v) is 2.32. The summed E-state index contributed by atoms with van der Waals surface area (Å²) in [5, 5.41) is 0. The van der Waals surface area contributed by atoms with Crippen LogP contribution < -0.4 is 0 Å². The standard InChI is InChI=1S/C15H12BrF3/c16-14-4-2-1-3-12(14)8-5-11-6-9-13(10-7-11)15(17,18)19/h1-4,6-7,9-10H,5,8H2. The maximum Gasteiger partial charge on any atom is 0.416 e. The van der Waals surface area contributed by atoms with Crippen LogP contribution >= 0.6 is 15.9 Å². The molecule has 0 aliphatic rings.